The summed E-state index contributed by atoms with van der Waals surface area (Å²) in [6.07, 6.45) is 8.47. The van der Waals surface area contributed by atoms with Crippen molar-refractivity contribution < 1.29 is 9.59 Å². The molecule has 0 aromatic heterocycles. The number of nitrogens with one attached hydrogen (secondary N) is 2. The number of hydrogen-bond donors (Lipinski definition) is 2. The molecule has 0 aromatic rings. The molecule has 23 heavy (non-hydrogen) atoms. The first-order valence-electron chi connectivity index (χ1n) is 8.99. The number of hydrogen-bond acceptors (Lipinski definition) is 3. The van der Waals surface area contributed by atoms with E-state index in [1.165, 1.54) is 12.8 Å². The summed E-state index contributed by atoms with van der Waals surface area (Å²) in [4.78, 5) is 26.8. The predicted molar refractivity (Wildman–Crippen MR) is 92.6 cm³/mol. The Labute approximate surface area is 145 Å². The fourth-order valence-corrected chi connectivity index (χ4v) is 4.45. The minimum Gasteiger partial charge on any atom is -0.355 e. The van der Waals surface area contributed by atoms with Crippen molar-refractivity contribution in [1.29, 1.82) is 0 Å². The highest BCUT2D eigenvalue weighted by molar-refractivity contribution is 5.85. The van der Waals surface area contributed by atoms with E-state index < -0.39 is 0 Å². The van der Waals surface area contributed by atoms with Crippen molar-refractivity contribution in [2.24, 2.45) is 11.3 Å². The molecule has 2 saturated heterocycles. The summed E-state index contributed by atoms with van der Waals surface area (Å²) in [5.41, 5.74) is -0.202. The van der Waals surface area contributed by atoms with E-state index in [0.717, 1.165) is 58.3 Å². The average molecular weight is 344 g/mol. The quantitative estimate of drug-likeness (QED) is 0.817. The van der Waals surface area contributed by atoms with Gasteiger partial charge >= 0.3 is 0 Å². The lowest BCUT2D eigenvalue weighted by molar-refractivity contribution is -0.134. The first-order valence-corrected chi connectivity index (χ1v) is 8.99. The van der Waals surface area contributed by atoms with E-state index in [9.17, 15) is 9.59 Å². The summed E-state index contributed by atoms with van der Waals surface area (Å²) in [5.74, 6) is 0.856. The highest BCUT2D eigenvalue weighted by Gasteiger charge is 2.49. The highest BCUT2D eigenvalue weighted by Crippen LogP contribution is 2.43. The van der Waals surface area contributed by atoms with Crippen molar-refractivity contribution in [2.75, 3.05) is 32.7 Å². The van der Waals surface area contributed by atoms with Gasteiger partial charge in [-0.3, -0.25) is 9.59 Å². The molecule has 0 aromatic carbocycles. The van der Waals surface area contributed by atoms with Gasteiger partial charge in [-0.15, -0.1) is 12.4 Å². The van der Waals surface area contributed by atoms with E-state index in [1.807, 2.05) is 4.90 Å². The van der Waals surface area contributed by atoms with Crippen molar-refractivity contribution in [2.45, 2.75) is 51.4 Å². The third kappa shape index (κ3) is 4.00. The summed E-state index contributed by atoms with van der Waals surface area (Å²) < 4.78 is 0. The summed E-state index contributed by atoms with van der Waals surface area (Å²) in [6.45, 7) is 4.05. The van der Waals surface area contributed by atoms with Gasteiger partial charge < -0.3 is 15.5 Å². The second kappa shape index (κ2) is 8.34. The van der Waals surface area contributed by atoms with Crippen molar-refractivity contribution in [3.63, 3.8) is 0 Å². The number of nitrogens with zero attached hydrogens (tertiary/aromatic N) is 1. The van der Waals surface area contributed by atoms with Gasteiger partial charge in [-0.25, -0.2) is 0 Å². The summed E-state index contributed by atoms with van der Waals surface area (Å²) in [6, 6.07) is 0. The van der Waals surface area contributed by atoms with Gasteiger partial charge in [-0.1, -0.05) is 12.8 Å². The van der Waals surface area contributed by atoms with Crippen LogP contribution in [0.15, 0.2) is 0 Å². The Morgan fingerprint density at radius 2 is 1.91 bits per heavy atom. The number of piperidine rings is 1. The van der Waals surface area contributed by atoms with Gasteiger partial charge in [-0.05, 0) is 44.6 Å². The van der Waals surface area contributed by atoms with Gasteiger partial charge in [0.15, 0.2) is 0 Å². The van der Waals surface area contributed by atoms with Crippen LogP contribution < -0.4 is 10.6 Å². The zero-order valence-corrected chi connectivity index (χ0v) is 14.8. The number of rotatable bonds is 4. The van der Waals surface area contributed by atoms with Crippen LogP contribution >= 0.6 is 12.4 Å². The van der Waals surface area contributed by atoms with E-state index in [4.69, 9.17) is 0 Å². The number of carbonyl (C=O) groups excluding carboxylic acids is 2. The van der Waals surface area contributed by atoms with Crippen LogP contribution in [-0.2, 0) is 9.59 Å². The fourth-order valence-electron chi connectivity index (χ4n) is 4.45. The van der Waals surface area contributed by atoms with Crippen LogP contribution in [0.4, 0.5) is 0 Å². The topological polar surface area (TPSA) is 61.4 Å². The van der Waals surface area contributed by atoms with Gasteiger partial charge in [0.1, 0.15) is 0 Å². The molecule has 3 rings (SSSR count). The molecule has 2 atom stereocenters. The minimum absolute atomic E-state index is 0. The van der Waals surface area contributed by atoms with Crippen LogP contribution in [-0.4, -0.2) is 49.4 Å². The van der Waals surface area contributed by atoms with Crippen LogP contribution in [0.2, 0.25) is 0 Å². The number of amides is 2. The molecular weight excluding hydrogens is 314 g/mol. The van der Waals surface area contributed by atoms with E-state index in [0.29, 0.717) is 18.9 Å². The monoisotopic (exact) mass is 343 g/mol. The van der Waals surface area contributed by atoms with Crippen LogP contribution in [0.1, 0.15) is 51.4 Å². The molecule has 2 aliphatic heterocycles. The Balaban J connectivity index is 0.00000192. The molecule has 0 unspecified atom stereocenters. The molecule has 2 amide bonds. The lowest BCUT2D eigenvalue weighted by Gasteiger charge is -2.37. The third-order valence-corrected chi connectivity index (χ3v) is 5.82. The lowest BCUT2D eigenvalue weighted by atomic mass is 9.67. The zero-order chi connectivity index (χ0) is 15.4. The Bertz CT molecular complexity index is 426. The largest absolute Gasteiger partial charge is 0.355 e. The minimum atomic E-state index is -0.202. The second-order valence-electron chi connectivity index (χ2n) is 7.18. The van der Waals surface area contributed by atoms with Gasteiger partial charge in [0.2, 0.25) is 11.8 Å². The molecule has 132 valence electrons. The molecule has 0 radical (unpaired) electrons. The van der Waals surface area contributed by atoms with Crippen molar-refractivity contribution >= 4 is 24.2 Å². The maximum Gasteiger partial charge on any atom is 0.227 e. The molecule has 2 N–H and O–H groups in total. The van der Waals surface area contributed by atoms with Crippen molar-refractivity contribution in [3.8, 4) is 0 Å². The van der Waals surface area contributed by atoms with Crippen LogP contribution in [0.25, 0.3) is 0 Å². The van der Waals surface area contributed by atoms with Gasteiger partial charge in [0, 0.05) is 32.6 Å². The molecule has 6 heteroatoms. The van der Waals surface area contributed by atoms with Crippen LogP contribution in [0.5, 0.6) is 0 Å². The predicted octanol–water partition coefficient (Wildman–Crippen LogP) is 1.71. The molecule has 3 aliphatic rings. The normalized spacial score (nSPS) is 30.3. The van der Waals surface area contributed by atoms with Crippen LogP contribution in [0, 0.1) is 11.3 Å². The van der Waals surface area contributed by atoms with E-state index in [2.05, 4.69) is 10.6 Å². The van der Waals surface area contributed by atoms with E-state index in [1.54, 1.807) is 0 Å². The number of carbonyl (C=O) groups is 2. The SMILES string of the molecule is Cl.O=C(CCNC(=O)[C@@]12CCCC[C@H]1CNC2)N1CCCCC1. The third-order valence-electron chi connectivity index (χ3n) is 5.82. The van der Waals surface area contributed by atoms with E-state index >= 15 is 0 Å². The molecular formula is C17H30ClN3O2. The Kier molecular flexibility index (Phi) is 6.72. The molecule has 3 fully saturated rings. The zero-order valence-electron chi connectivity index (χ0n) is 13.9. The maximum absolute atomic E-state index is 12.7. The highest BCUT2D eigenvalue weighted by atomic mass is 35.5. The molecule has 5 nitrogen and oxygen atoms in total. The first-order chi connectivity index (χ1) is 10.7. The Morgan fingerprint density at radius 1 is 1.13 bits per heavy atom. The lowest BCUT2D eigenvalue weighted by Crippen LogP contribution is -2.48. The van der Waals surface area contributed by atoms with Crippen molar-refractivity contribution in [1.82, 2.24) is 15.5 Å². The maximum atomic E-state index is 12.7. The summed E-state index contributed by atoms with van der Waals surface area (Å²) in [5, 5.41) is 6.46. The van der Waals surface area contributed by atoms with E-state index in [-0.39, 0.29) is 29.6 Å². The summed E-state index contributed by atoms with van der Waals surface area (Å²) >= 11 is 0. The number of halogens is 1. The summed E-state index contributed by atoms with van der Waals surface area (Å²) in [7, 11) is 0. The molecule has 0 spiro atoms. The molecule has 2 heterocycles. The molecule has 1 aliphatic carbocycles. The fraction of sp³-hybridized carbons (Fsp3) is 0.882. The Hall–Kier alpha value is -0.810. The van der Waals surface area contributed by atoms with Gasteiger partial charge in [0.05, 0.1) is 5.41 Å². The van der Waals surface area contributed by atoms with Crippen molar-refractivity contribution in [3.05, 3.63) is 0 Å². The first kappa shape index (κ1) is 18.5. The molecule has 1 saturated carbocycles. The standard InChI is InChI=1S/C17H29N3O2.ClH/c21-15(20-10-4-1-5-11-20)7-9-19-16(22)17-8-3-2-6-14(17)12-18-13-17;/h14,18H,1-13H2,(H,19,22);1H/t14-,17+;/m0./s1. The average Bonchev–Trinajstić information content (AvgIpc) is 3.00. The smallest absolute Gasteiger partial charge is 0.227 e. The van der Waals surface area contributed by atoms with Gasteiger partial charge in [-0.2, -0.15) is 0 Å². The number of likely N-dealkylation sites (tertiary alicyclic amines) is 1. The Morgan fingerprint density at radius 3 is 2.70 bits per heavy atom. The number of fused-ring (bicyclic) bond motifs is 1. The molecule has 0 bridgehead atoms. The van der Waals surface area contributed by atoms with Gasteiger partial charge in [0.25, 0.3) is 0 Å². The van der Waals surface area contributed by atoms with Crippen LogP contribution in [0.3, 0.4) is 0 Å². The second-order valence-corrected chi connectivity index (χ2v) is 7.18.